The van der Waals surface area contributed by atoms with Gasteiger partial charge in [0, 0.05) is 28.2 Å². The van der Waals surface area contributed by atoms with Crippen molar-refractivity contribution in [1.29, 1.82) is 0 Å². The van der Waals surface area contributed by atoms with E-state index in [-0.39, 0.29) is 17.8 Å². The maximum absolute atomic E-state index is 13.3. The van der Waals surface area contributed by atoms with E-state index >= 15 is 0 Å². The van der Waals surface area contributed by atoms with Crippen molar-refractivity contribution in [2.75, 3.05) is 7.11 Å². The van der Waals surface area contributed by atoms with Crippen LogP contribution in [0.15, 0.2) is 77.6 Å². The Morgan fingerprint density at radius 3 is 2.36 bits per heavy atom. The number of amides is 1. The normalized spacial score (nSPS) is 10.7. The summed E-state index contributed by atoms with van der Waals surface area (Å²) < 4.78 is 6.56. The Bertz CT molecular complexity index is 1410. The minimum atomic E-state index is -1.30. The van der Waals surface area contributed by atoms with Gasteiger partial charge in [-0.15, -0.1) is 0 Å². The fourth-order valence-corrected chi connectivity index (χ4v) is 3.82. The molecule has 0 aliphatic carbocycles. The summed E-state index contributed by atoms with van der Waals surface area (Å²) in [5, 5.41) is 13.4. The molecule has 0 atom stereocenters. The number of rotatable bonds is 6. The molecule has 33 heavy (non-hydrogen) atoms. The number of ether oxygens (including phenoxy) is 1. The molecular weight excluding hydrogens is 444 g/mol. The second-order valence-corrected chi connectivity index (χ2v) is 7.64. The molecule has 0 bridgehead atoms. The maximum Gasteiger partial charge on any atom is 0.353 e. The average Bonchev–Trinajstić information content (AvgIpc) is 2.83. The number of carbonyl (C=O) groups excluding carboxylic acids is 1. The largest absolute Gasteiger partial charge is 0.497 e. The molecule has 1 aromatic heterocycles. The first kappa shape index (κ1) is 22.1. The van der Waals surface area contributed by atoms with E-state index in [0.29, 0.717) is 32.9 Å². The van der Waals surface area contributed by atoms with E-state index in [9.17, 15) is 19.5 Å². The Balaban J connectivity index is 1.85. The minimum absolute atomic E-state index is 0.0389. The number of nitrogens with zero attached hydrogens (tertiary/aromatic N) is 1. The first-order valence-corrected chi connectivity index (χ1v) is 10.4. The molecule has 3 aromatic carbocycles. The number of carboxylic acid groups (broad SMARTS) is 1. The zero-order chi connectivity index (χ0) is 23.5. The van der Waals surface area contributed by atoms with Crippen LogP contribution in [-0.2, 0) is 6.54 Å². The number of hydrogen-bond acceptors (Lipinski definition) is 4. The lowest BCUT2D eigenvalue weighted by molar-refractivity contribution is 0.0685. The molecule has 0 fully saturated rings. The van der Waals surface area contributed by atoms with Crippen LogP contribution in [0, 0.1) is 0 Å². The van der Waals surface area contributed by atoms with E-state index in [2.05, 4.69) is 5.32 Å². The highest BCUT2D eigenvalue weighted by Gasteiger charge is 2.23. The summed E-state index contributed by atoms with van der Waals surface area (Å²) in [6.45, 7) is -0.267. The molecule has 0 aliphatic rings. The molecule has 166 valence electrons. The van der Waals surface area contributed by atoms with E-state index < -0.39 is 17.3 Å². The molecule has 0 radical (unpaired) electrons. The second-order valence-electron chi connectivity index (χ2n) is 7.21. The Kier molecular flexibility index (Phi) is 6.15. The highest BCUT2D eigenvalue weighted by atomic mass is 35.5. The van der Waals surface area contributed by atoms with Crippen molar-refractivity contribution >= 4 is 34.4 Å². The maximum atomic E-state index is 13.3. The number of carboxylic acids is 1. The smallest absolute Gasteiger partial charge is 0.353 e. The molecule has 8 heteroatoms. The third-order valence-electron chi connectivity index (χ3n) is 5.22. The van der Waals surface area contributed by atoms with Crippen molar-refractivity contribution in [2.45, 2.75) is 6.54 Å². The molecule has 0 spiro atoms. The van der Waals surface area contributed by atoms with Gasteiger partial charge in [-0.1, -0.05) is 29.8 Å². The Morgan fingerprint density at radius 1 is 1.03 bits per heavy atom. The monoisotopic (exact) mass is 462 g/mol. The first-order chi connectivity index (χ1) is 15.9. The summed E-state index contributed by atoms with van der Waals surface area (Å²) in [4.78, 5) is 38.3. The molecule has 1 heterocycles. The van der Waals surface area contributed by atoms with Crippen LogP contribution in [0.1, 0.15) is 26.4 Å². The van der Waals surface area contributed by atoms with E-state index in [1.807, 2.05) is 0 Å². The van der Waals surface area contributed by atoms with Crippen LogP contribution >= 0.6 is 11.6 Å². The van der Waals surface area contributed by atoms with Crippen molar-refractivity contribution < 1.29 is 19.4 Å². The Hall–Kier alpha value is -4.10. The molecule has 2 N–H and O–H groups in total. The van der Waals surface area contributed by atoms with E-state index in [1.165, 1.54) is 11.7 Å². The average molecular weight is 463 g/mol. The number of halogens is 1. The zero-order valence-electron chi connectivity index (χ0n) is 17.5. The predicted octanol–water partition coefficient (Wildman–Crippen LogP) is 4.28. The summed E-state index contributed by atoms with van der Waals surface area (Å²) in [6.07, 6.45) is 0. The van der Waals surface area contributed by atoms with Gasteiger partial charge in [0.25, 0.3) is 5.91 Å². The van der Waals surface area contributed by atoms with Gasteiger partial charge in [-0.25, -0.2) is 4.79 Å². The first-order valence-electron chi connectivity index (χ1n) is 9.99. The predicted molar refractivity (Wildman–Crippen MR) is 126 cm³/mol. The molecule has 0 saturated heterocycles. The zero-order valence-corrected chi connectivity index (χ0v) is 18.3. The fourth-order valence-electron chi connectivity index (χ4n) is 3.65. The molecule has 0 aliphatic heterocycles. The summed E-state index contributed by atoms with van der Waals surface area (Å²) in [7, 11) is 1.52. The van der Waals surface area contributed by atoms with Gasteiger partial charge >= 0.3 is 5.97 Å². The van der Waals surface area contributed by atoms with Crippen molar-refractivity contribution in [3.8, 4) is 11.4 Å². The number of aromatic nitrogens is 1. The molecule has 0 saturated carbocycles. The van der Waals surface area contributed by atoms with E-state index in [0.717, 1.165) is 0 Å². The van der Waals surface area contributed by atoms with Gasteiger partial charge in [-0.3, -0.25) is 9.59 Å². The van der Waals surface area contributed by atoms with Gasteiger partial charge in [0.05, 0.1) is 18.2 Å². The molecule has 1 amide bonds. The molecule has 4 rings (SSSR count). The number of benzene rings is 3. The van der Waals surface area contributed by atoms with Crippen molar-refractivity contribution in [3.63, 3.8) is 0 Å². The topological polar surface area (TPSA) is 97.6 Å². The summed E-state index contributed by atoms with van der Waals surface area (Å²) in [5.41, 5.74) is 0.496. The van der Waals surface area contributed by atoms with Crippen LogP contribution in [0.2, 0.25) is 5.02 Å². The van der Waals surface area contributed by atoms with Gasteiger partial charge in [0.15, 0.2) is 5.43 Å². The van der Waals surface area contributed by atoms with Crippen LogP contribution in [0.5, 0.6) is 5.75 Å². The standard InChI is InChI=1S/C25H19ClN2O5/c1-33-18-10-7-15(8-11-18)24(30)27-14-20-22(25(31)32)28(17-5-3-2-4-6-17)21-13-16(26)9-12-19(21)23(20)29/h2-13H,14H2,1H3,(H,27,30)(H,31,32). The summed E-state index contributed by atoms with van der Waals surface area (Å²) >= 11 is 6.17. The third-order valence-corrected chi connectivity index (χ3v) is 5.46. The number of fused-ring (bicyclic) bond motifs is 1. The van der Waals surface area contributed by atoms with Gasteiger partial charge in [0.2, 0.25) is 0 Å². The van der Waals surface area contributed by atoms with Gasteiger partial charge in [0.1, 0.15) is 11.4 Å². The lowest BCUT2D eigenvalue weighted by Crippen LogP contribution is -2.30. The number of pyridine rings is 1. The number of aromatic carboxylic acids is 1. The quantitative estimate of drug-likeness (QED) is 0.445. The Morgan fingerprint density at radius 2 is 1.73 bits per heavy atom. The van der Waals surface area contributed by atoms with Gasteiger partial charge < -0.3 is 19.7 Å². The van der Waals surface area contributed by atoms with Crippen LogP contribution in [0.3, 0.4) is 0 Å². The minimum Gasteiger partial charge on any atom is -0.497 e. The lowest BCUT2D eigenvalue weighted by Gasteiger charge is -2.19. The van der Waals surface area contributed by atoms with Crippen LogP contribution in [0.4, 0.5) is 0 Å². The third kappa shape index (κ3) is 4.31. The number of para-hydroxylation sites is 1. The number of hydrogen-bond donors (Lipinski definition) is 2. The fraction of sp³-hybridized carbons (Fsp3) is 0.0800. The lowest BCUT2D eigenvalue weighted by atomic mass is 10.1. The van der Waals surface area contributed by atoms with Crippen LogP contribution in [-0.4, -0.2) is 28.7 Å². The van der Waals surface area contributed by atoms with Crippen molar-refractivity contribution in [2.24, 2.45) is 0 Å². The molecule has 4 aromatic rings. The van der Waals surface area contributed by atoms with Crippen molar-refractivity contribution in [3.05, 3.63) is 105 Å². The summed E-state index contributed by atoms with van der Waals surface area (Å²) in [5.74, 6) is -1.15. The molecule has 0 unspecified atom stereocenters. The van der Waals surface area contributed by atoms with Gasteiger partial charge in [-0.2, -0.15) is 0 Å². The summed E-state index contributed by atoms with van der Waals surface area (Å²) in [6, 6.07) is 19.9. The Labute approximate surface area is 193 Å². The van der Waals surface area contributed by atoms with E-state index in [4.69, 9.17) is 16.3 Å². The molecular formula is C25H19ClN2O5. The number of carbonyl (C=O) groups is 2. The highest BCUT2D eigenvalue weighted by Crippen LogP contribution is 2.25. The van der Waals surface area contributed by atoms with Gasteiger partial charge in [-0.05, 0) is 54.6 Å². The number of methoxy groups -OCH3 is 1. The van der Waals surface area contributed by atoms with Crippen LogP contribution < -0.4 is 15.5 Å². The van der Waals surface area contributed by atoms with Crippen molar-refractivity contribution in [1.82, 2.24) is 9.88 Å². The molecule has 7 nitrogen and oxygen atoms in total. The highest BCUT2D eigenvalue weighted by molar-refractivity contribution is 6.31. The SMILES string of the molecule is COc1ccc(C(=O)NCc2c(C(=O)O)n(-c3ccccc3)c3cc(Cl)ccc3c2=O)cc1. The van der Waals surface area contributed by atoms with Crippen LogP contribution in [0.25, 0.3) is 16.6 Å². The second kappa shape index (κ2) is 9.18. The number of nitrogens with one attached hydrogen (secondary N) is 1. The van der Waals surface area contributed by atoms with E-state index in [1.54, 1.807) is 72.8 Å².